The van der Waals surface area contributed by atoms with Gasteiger partial charge in [-0.05, 0) is 24.1 Å². The van der Waals surface area contributed by atoms with E-state index < -0.39 is 0 Å². The standard InChI is InChI=1S/C10H14O3/c1-12-9-5-8(3-4-11)6-10(7-9)13-2/h5-7,11H,3-4H2,1-2H3. The van der Waals surface area contributed by atoms with Crippen LogP contribution in [0.3, 0.4) is 0 Å². The minimum atomic E-state index is 0.135. The van der Waals surface area contributed by atoms with Crippen LogP contribution >= 0.6 is 0 Å². The van der Waals surface area contributed by atoms with E-state index in [2.05, 4.69) is 0 Å². The summed E-state index contributed by atoms with van der Waals surface area (Å²) in [6.45, 7) is 0.135. The second kappa shape index (κ2) is 4.72. The van der Waals surface area contributed by atoms with E-state index in [1.165, 1.54) is 0 Å². The number of ether oxygens (including phenoxy) is 2. The van der Waals surface area contributed by atoms with Gasteiger partial charge >= 0.3 is 0 Å². The Morgan fingerprint density at radius 1 is 1.08 bits per heavy atom. The SMILES string of the molecule is COc1cc(CCO)cc(OC)c1. The normalized spacial score (nSPS) is 9.77. The molecule has 0 radical (unpaired) electrons. The molecule has 0 heterocycles. The summed E-state index contributed by atoms with van der Waals surface area (Å²) in [7, 11) is 3.22. The third kappa shape index (κ3) is 2.63. The van der Waals surface area contributed by atoms with Gasteiger partial charge in [0.2, 0.25) is 0 Å². The van der Waals surface area contributed by atoms with Crippen LogP contribution in [-0.4, -0.2) is 25.9 Å². The Bertz CT molecular complexity index is 249. The lowest BCUT2D eigenvalue weighted by molar-refractivity contribution is 0.299. The number of aliphatic hydroxyl groups excluding tert-OH is 1. The summed E-state index contributed by atoms with van der Waals surface area (Å²) in [6, 6.07) is 5.58. The van der Waals surface area contributed by atoms with Crippen LogP contribution < -0.4 is 9.47 Å². The highest BCUT2D eigenvalue weighted by molar-refractivity contribution is 5.38. The molecule has 0 aliphatic rings. The molecule has 0 fully saturated rings. The quantitative estimate of drug-likeness (QED) is 0.761. The lowest BCUT2D eigenvalue weighted by Gasteiger charge is -2.06. The topological polar surface area (TPSA) is 38.7 Å². The van der Waals surface area contributed by atoms with Crippen molar-refractivity contribution in [3.05, 3.63) is 23.8 Å². The number of hydrogen-bond donors (Lipinski definition) is 1. The van der Waals surface area contributed by atoms with Crippen LogP contribution in [0.4, 0.5) is 0 Å². The van der Waals surface area contributed by atoms with Gasteiger partial charge in [0.05, 0.1) is 14.2 Å². The monoisotopic (exact) mass is 182 g/mol. The lowest BCUT2D eigenvalue weighted by atomic mass is 10.1. The van der Waals surface area contributed by atoms with Crippen molar-refractivity contribution in [1.82, 2.24) is 0 Å². The molecule has 0 aliphatic heterocycles. The first kappa shape index (κ1) is 9.86. The zero-order valence-corrected chi connectivity index (χ0v) is 7.91. The van der Waals surface area contributed by atoms with E-state index in [0.717, 1.165) is 17.1 Å². The molecule has 13 heavy (non-hydrogen) atoms. The fourth-order valence-corrected chi connectivity index (χ4v) is 1.14. The summed E-state index contributed by atoms with van der Waals surface area (Å²) in [4.78, 5) is 0. The zero-order valence-electron chi connectivity index (χ0n) is 7.91. The van der Waals surface area contributed by atoms with E-state index in [1.54, 1.807) is 20.3 Å². The van der Waals surface area contributed by atoms with E-state index in [-0.39, 0.29) is 6.61 Å². The van der Waals surface area contributed by atoms with Crippen molar-refractivity contribution in [2.24, 2.45) is 0 Å². The number of aliphatic hydroxyl groups is 1. The molecule has 0 aromatic heterocycles. The summed E-state index contributed by atoms with van der Waals surface area (Å²) in [5.41, 5.74) is 1.01. The maximum absolute atomic E-state index is 8.77. The number of methoxy groups -OCH3 is 2. The highest BCUT2D eigenvalue weighted by Gasteiger charge is 2.00. The average Bonchev–Trinajstić information content (AvgIpc) is 2.17. The highest BCUT2D eigenvalue weighted by atomic mass is 16.5. The van der Waals surface area contributed by atoms with Gasteiger partial charge in [0, 0.05) is 12.7 Å². The molecular formula is C10H14O3. The molecule has 1 aromatic rings. The van der Waals surface area contributed by atoms with Crippen LogP contribution in [0.1, 0.15) is 5.56 Å². The summed E-state index contributed by atoms with van der Waals surface area (Å²) >= 11 is 0. The molecule has 1 rings (SSSR count). The summed E-state index contributed by atoms with van der Waals surface area (Å²) in [6.07, 6.45) is 0.619. The van der Waals surface area contributed by atoms with Crippen LogP contribution in [0.25, 0.3) is 0 Å². The van der Waals surface area contributed by atoms with Gasteiger partial charge in [0.15, 0.2) is 0 Å². The Morgan fingerprint density at radius 3 is 2.00 bits per heavy atom. The Kier molecular flexibility index (Phi) is 3.58. The van der Waals surface area contributed by atoms with Gasteiger partial charge in [-0.1, -0.05) is 0 Å². The second-order valence-corrected chi connectivity index (χ2v) is 2.69. The minimum absolute atomic E-state index is 0.135. The first-order valence-corrected chi connectivity index (χ1v) is 4.13. The van der Waals surface area contributed by atoms with Crippen molar-refractivity contribution >= 4 is 0 Å². The Morgan fingerprint density at radius 2 is 1.62 bits per heavy atom. The molecule has 0 saturated heterocycles. The largest absolute Gasteiger partial charge is 0.497 e. The molecule has 3 heteroatoms. The predicted molar refractivity (Wildman–Crippen MR) is 50.3 cm³/mol. The molecular weight excluding hydrogens is 168 g/mol. The fourth-order valence-electron chi connectivity index (χ4n) is 1.14. The molecule has 3 nitrogen and oxygen atoms in total. The summed E-state index contributed by atoms with van der Waals surface area (Å²) in [5, 5.41) is 8.77. The molecule has 1 N–H and O–H groups in total. The molecule has 0 amide bonds. The van der Waals surface area contributed by atoms with E-state index >= 15 is 0 Å². The van der Waals surface area contributed by atoms with Crippen LogP contribution in [0.2, 0.25) is 0 Å². The third-order valence-electron chi connectivity index (χ3n) is 1.81. The zero-order chi connectivity index (χ0) is 9.68. The van der Waals surface area contributed by atoms with Crippen LogP contribution in [0.5, 0.6) is 11.5 Å². The maximum Gasteiger partial charge on any atom is 0.122 e. The van der Waals surface area contributed by atoms with E-state index in [9.17, 15) is 0 Å². The number of benzene rings is 1. The molecule has 0 atom stereocenters. The van der Waals surface area contributed by atoms with Crippen LogP contribution in [0.15, 0.2) is 18.2 Å². The van der Waals surface area contributed by atoms with Crippen molar-refractivity contribution < 1.29 is 14.6 Å². The maximum atomic E-state index is 8.77. The lowest BCUT2D eigenvalue weighted by Crippen LogP contribution is -1.94. The van der Waals surface area contributed by atoms with Gasteiger partial charge in [0.25, 0.3) is 0 Å². The molecule has 0 bridgehead atoms. The van der Waals surface area contributed by atoms with E-state index in [0.29, 0.717) is 6.42 Å². The van der Waals surface area contributed by atoms with Crippen LogP contribution in [-0.2, 0) is 6.42 Å². The molecule has 0 unspecified atom stereocenters. The van der Waals surface area contributed by atoms with Crippen molar-refractivity contribution in [2.75, 3.05) is 20.8 Å². The van der Waals surface area contributed by atoms with Gasteiger partial charge in [-0.15, -0.1) is 0 Å². The van der Waals surface area contributed by atoms with Crippen molar-refractivity contribution in [3.63, 3.8) is 0 Å². The molecule has 0 saturated carbocycles. The second-order valence-electron chi connectivity index (χ2n) is 2.69. The highest BCUT2D eigenvalue weighted by Crippen LogP contribution is 2.22. The third-order valence-corrected chi connectivity index (χ3v) is 1.81. The fraction of sp³-hybridized carbons (Fsp3) is 0.400. The Balaban J connectivity index is 2.93. The first-order valence-electron chi connectivity index (χ1n) is 4.13. The van der Waals surface area contributed by atoms with Gasteiger partial charge in [-0.2, -0.15) is 0 Å². The van der Waals surface area contributed by atoms with E-state index in [4.69, 9.17) is 14.6 Å². The summed E-state index contributed by atoms with van der Waals surface area (Å²) < 4.78 is 10.2. The molecule has 1 aromatic carbocycles. The van der Waals surface area contributed by atoms with Gasteiger partial charge in [-0.25, -0.2) is 0 Å². The van der Waals surface area contributed by atoms with Gasteiger partial charge in [0.1, 0.15) is 11.5 Å². The van der Waals surface area contributed by atoms with E-state index in [1.807, 2.05) is 12.1 Å². The Labute approximate surface area is 77.9 Å². The average molecular weight is 182 g/mol. The molecule has 0 spiro atoms. The minimum Gasteiger partial charge on any atom is -0.497 e. The first-order chi connectivity index (χ1) is 6.30. The van der Waals surface area contributed by atoms with Crippen LogP contribution in [0, 0.1) is 0 Å². The predicted octanol–water partition coefficient (Wildman–Crippen LogP) is 1.24. The van der Waals surface area contributed by atoms with Crippen molar-refractivity contribution in [3.8, 4) is 11.5 Å². The molecule has 0 aliphatic carbocycles. The number of rotatable bonds is 4. The van der Waals surface area contributed by atoms with Crippen molar-refractivity contribution in [2.45, 2.75) is 6.42 Å². The van der Waals surface area contributed by atoms with Gasteiger partial charge in [-0.3, -0.25) is 0 Å². The molecule has 72 valence electrons. The Hall–Kier alpha value is -1.22. The van der Waals surface area contributed by atoms with Crippen molar-refractivity contribution in [1.29, 1.82) is 0 Å². The summed E-state index contributed by atoms with van der Waals surface area (Å²) in [5.74, 6) is 1.51. The smallest absolute Gasteiger partial charge is 0.122 e. The number of hydrogen-bond acceptors (Lipinski definition) is 3. The van der Waals surface area contributed by atoms with Gasteiger partial charge < -0.3 is 14.6 Å².